The lowest BCUT2D eigenvalue weighted by Crippen LogP contribution is -2.24. The second kappa shape index (κ2) is 4.99. The predicted octanol–water partition coefficient (Wildman–Crippen LogP) is 1.40. The minimum Gasteiger partial charge on any atom is -0.316 e. The number of rotatable bonds is 3. The summed E-state index contributed by atoms with van der Waals surface area (Å²) in [5, 5.41) is 2.23. The lowest BCUT2D eigenvalue weighted by Gasteiger charge is -2.03. The van der Waals surface area contributed by atoms with Crippen LogP contribution in [-0.4, -0.2) is 14.5 Å². The highest BCUT2D eigenvalue weighted by Gasteiger charge is 2.12. The summed E-state index contributed by atoms with van der Waals surface area (Å²) in [5.41, 5.74) is 0.821. The molecule has 0 saturated heterocycles. The Morgan fingerprint density at radius 1 is 1.33 bits per heavy atom. The van der Waals surface area contributed by atoms with Crippen molar-refractivity contribution in [2.75, 3.05) is 0 Å². The van der Waals surface area contributed by atoms with Crippen LogP contribution in [0.4, 0.5) is 4.79 Å². The standard InChI is InChI=1S/C8H8ClNO4S/c9-15(12,13)14-8(11)10-6-7-4-2-1-3-5-7/h1-5H,6H2,(H,10,11). The van der Waals surface area contributed by atoms with E-state index in [1.807, 2.05) is 6.07 Å². The molecule has 0 heterocycles. The third-order valence-electron chi connectivity index (χ3n) is 1.45. The van der Waals surface area contributed by atoms with Crippen molar-refractivity contribution in [3.8, 4) is 0 Å². The minimum atomic E-state index is -4.27. The minimum absolute atomic E-state index is 0.173. The van der Waals surface area contributed by atoms with Crippen molar-refractivity contribution in [1.82, 2.24) is 5.32 Å². The van der Waals surface area contributed by atoms with E-state index in [4.69, 9.17) is 10.7 Å². The van der Waals surface area contributed by atoms with Gasteiger partial charge in [-0.2, -0.15) is 8.42 Å². The average molecular weight is 250 g/mol. The molecule has 0 radical (unpaired) electrons. The van der Waals surface area contributed by atoms with E-state index in [-0.39, 0.29) is 6.54 Å². The first kappa shape index (κ1) is 11.8. The first-order valence-corrected chi connectivity index (χ1v) is 6.16. The van der Waals surface area contributed by atoms with Gasteiger partial charge in [-0.05, 0) is 5.56 Å². The van der Waals surface area contributed by atoms with Crippen molar-refractivity contribution in [3.05, 3.63) is 35.9 Å². The number of hydrogen-bond acceptors (Lipinski definition) is 4. The molecule has 0 aliphatic heterocycles. The summed E-state index contributed by atoms with van der Waals surface area (Å²) in [7, 11) is 0.431. The highest BCUT2D eigenvalue weighted by Crippen LogP contribution is 2.00. The van der Waals surface area contributed by atoms with Gasteiger partial charge >= 0.3 is 15.4 Å². The van der Waals surface area contributed by atoms with Gasteiger partial charge in [-0.25, -0.2) is 4.79 Å². The number of carbonyl (C=O) groups excluding carboxylic acids is 1. The van der Waals surface area contributed by atoms with Crippen LogP contribution in [0.1, 0.15) is 5.56 Å². The lowest BCUT2D eigenvalue weighted by atomic mass is 10.2. The average Bonchev–Trinajstić information content (AvgIpc) is 2.14. The maximum Gasteiger partial charge on any atom is 0.423 e. The molecule has 1 rings (SSSR count). The Balaban J connectivity index is 2.42. The summed E-state index contributed by atoms with van der Waals surface area (Å²) >= 11 is 0. The smallest absolute Gasteiger partial charge is 0.316 e. The molecule has 7 heteroatoms. The zero-order chi connectivity index (χ0) is 11.3. The highest BCUT2D eigenvalue weighted by atomic mass is 35.7. The Morgan fingerprint density at radius 3 is 2.47 bits per heavy atom. The van der Waals surface area contributed by atoms with Crippen LogP contribution in [0, 0.1) is 0 Å². The van der Waals surface area contributed by atoms with E-state index < -0.39 is 15.4 Å². The second-order valence-corrected chi connectivity index (χ2v) is 4.69. The molecule has 0 aliphatic carbocycles. The monoisotopic (exact) mass is 249 g/mol. The molecular weight excluding hydrogens is 242 g/mol. The van der Waals surface area contributed by atoms with Gasteiger partial charge in [-0.3, -0.25) is 0 Å². The highest BCUT2D eigenvalue weighted by molar-refractivity contribution is 8.10. The van der Waals surface area contributed by atoms with E-state index in [0.29, 0.717) is 0 Å². The van der Waals surface area contributed by atoms with Gasteiger partial charge in [0.05, 0.1) is 10.7 Å². The molecular formula is C8H8ClNO4S. The second-order valence-electron chi connectivity index (χ2n) is 2.60. The van der Waals surface area contributed by atoms with Crippen molar-refractivity contribution >= 4 is 26.1 Å². The molecule has 15 heavy (non-hydrogen) atoms. The van der Waals surface area contributed by atoms with Crippen molar-refractivity contribution in [2.24, 2.45) is 0 Å². The number of carbonyl (C=O) groups is 1. The largest absolute Gasteiger partial charge is 0.423 e. The molecule has 82 valence electrons. The van der Waals surface area contributed by atoms with E-state index in [9.17, 15) is 13.2 Å². The van der Waals surface area contributed by atoms with Crippen molar-refractivity contribution in [1.29, 1.82) is 0 Å². The fourth-order valence-electron chi connectivity index (χ4n) is 0.890. The van der Waals surface area contributed by atoms with Gasteiger partial charge in [-0.15, -0.1) is 0 Å². The van der Waals surface area contributed by atoms with Gasteiger partial charge in [0.15, 0.2) is 0 Å². The zero-order valence-corrected chi connectivity index (χ0v) is 9.09. The molecule has 1 aromatic carbocycles. The normalized spacial score (nSPS) is 10.7. The molecule has 0 aromatic heterocycles. The molecule has 5 nitrogen and oxygen atoms in total. The summed E-state index contributed by atoms with van der Waals surface area (Å²) < 4.78 is 24.5. The van der Waals surface area contributed by atoms with Gasteiger partial charge < -0.3 is 9.50 Å². The number of hydrogen-bond donors (Lipinski definition) is 1. The van der Waals surface area contributed by atoms with E-state index in [1.54, 1.807) is 24.3 Å². The van der Waals surface area contributed by atoms with Crippen LogP contribution < -0.4 is 5.32 Å². The number of halogens is 1. The van der Waals surface area contributed by atoms with Crippen LogP contribution in [0.5, 0.6) is 0 Å². The molecule has 0 spiro atoms. The summed E-state index contributed by atoms with van der Waals surface area (Å²) in [6.07, 6.45) is -1.10. The van der Waals surface area contributed by atoms with Crippen LogP contribution in [0.15, 0.2) is 30.3 Å². The SMILES string of the molecule is O=C(NCc1ccccc1)OS(=O)(=O)Cl. The van der Waals surface area contributed by atoms with Crippen molar-refractivity contribution in [2.45, 2.75) is 6.54 Å². The molecule has 0 atom stereocenters. The summed E-state index contributed by atoms with van der Waals surface area (Å²) in [5.74, 6) is 0. The van der Waals surface area contributed by atoms with E-state index in [1.165, 1.54) is 0 Å². The van der Waals surface area contributed by atoms with Gasteiger partial charge in [0, 0.05) is 6.54 Å². The van der Waals surface area contributed by atoms with Crippen molar-refractivity contribution in [3.63, 3.8) is 0 Å². The molecule has 0 fully saturated rings. The van der Waals surface area contributed by atoms with Gasteiger partial charge in [0.2, 0.25) is 0 Å². The maximum atomic E-state index is 10.8. The van der Waals surface area contributed by atoms with E-state index in [0.717, 1.165) is 5.56 Å². The van der Waals surface area contributed by atoms with E-state index >= 15 is 0 Å². The Hall–Kier alpha value is -1.27. The van der Waals surface area contributed by atoms with Gasteiger partial charge in [0.1, 0.15) is 0 Å². The zero-order valence-electron chi connectivity index (χ0n) is 7.51. The fourth-order valence-corrected chi connectivity index (χ4v) is 1.30. The predicted molar refractivity (Wildman–Crippen MR) is 54.5 cm³/mol. The quantitative estimate of drug-likeness (QED) is 0.822. The van der Waals surface area contributed by atoms with Crippen LogP contribution in [0.25, 0.3) is 0 Å². The third kappa shape index (κ3) is 5.24. The number of benzene rings is 1. The molecule has 0 bridgehead atoms. The summed E-state index contributed by atoms with van der Waals surface area (Å²) in [6, 6.07) is 8.96. The van der Waals surface area contributed by atoms with Gasteiger partial charge in [0.25, 0.3) is 0 Å². The number of nitrogens with one attached hydrogen (secondary N) is 1. The Labute approximate surface area is 91.6 Å². The van der Waals surface area contributed by atoms with Crippen LogP contribution in [-0.2, 0) is 20.1 Å². The molecule has 0 unspecified atom stereocenters. The van der Waals surface area contributed by atoms with Crippen LogP contribution in [0.2, 0.25) is 0 Å². The lowest BCUT2D eigenvalue weighted by molar-refractivity contribution is 0.203. The van der Waals surface area contributed by atoms with Gasteiger partial charge in [-0.1, -0.05) is 30.3 Å². The molecule has 1 aromatic rings. The van der Waals surface area contributed by atoms with Crippen LogP contribution >= 0.6 is 10.7 Å². The number of amides is 1. The molecule has 1 N–H and O–H groups in total. The molecule has 0 aliphatic rings. The van der Waals surface area contributed by atoms with Crippen molar-refractivity contribution < 1.29 is 17.4 Å². The summed E-state index contributed by atoms with van der Waals surface area (Å²) in [4.78, 5) is 10.8. The maximum absolute atomic E-state index is 10.8. The fraction of sp³-hybridized carbons (Fsp3) is 0.125. The first-order valence-electron chi connectivity index (χ1n) is 3.93. The topological polar surface area (TPSA) is 72.5 Å². The Morgan fingerprint density at radius 2 is 1.93 bits per heavy atom. The molecule has 1 amide bonds. The first-order chi connectivity index (χ1) is 6.97. The molecule has 0 saturated carbocycles. The van der Waals surface area contributed by atoms with Crippen LogP contribution in [0.3, 0.4) is 0 Å². The Kier molecular flexibility index (Phi) is 3.93. The Bertz CT molecular complexity index is 431. The summed E-state index contributed by atoms with van der Waals surface area (Å²) in [6.45, 7) is 0.173. The third-order valence-corrected chi connectivity index (χ3v) is 1.99. The van der Waals surface area contributed by atoms with E-state index in [2.05, 4.69) is 9.50 Å².